The molecule has 0 atom stereocenters. The molecule has 34 heavy (non-hydrogen) atoms. The Bertz CT molecular complexity index is 1330. The second-order valence-corrected chi connectivity index (χ2v) is 8.42. The van der Waals surface area contributed by atoms with Crippen LogP contribution in [0.1, 0.15) is 18.1 Å². The minimum absolute atomic E-state index is 0.0800. The molecule has 0 unspecified atom stereocenters. The van der Waals surface area contributed by atoms with E-state index in [2.05, 4.69) is 10.3 Å². The summed E-state index contributed by atoms with van der Waals surface area (Å²) in [7, 11) is 2.67. The van der Waals surface area contributed by atoms with Crippen LogP contribution in [-0.2, 0) is 18.9 Å². The Balaban J connectivity index is 1.90. The highest BCUT2D eigenvalue weighted by Crippen LogP contribution is 2.24. The largest absolute Gasteiger partial charge is 0.494 e. The Kier molecular flexibility index (Phi) is 7.95. The van der Waals surface area contributed by atoms with E-state index in [0.717, 1.165) is 26.5 Å². The molecule has 0 aliphatic rings. The van der Waals surface area contributed by atoms with Gasteiger partial charge in [0.2, 0.25) is 11.8 Å². The molecular weight excluding hydrogens is 456 g/mol. The number of aromatic nitrogens is 2. The third-order valence-electron chi connectivity index (χ3n) is 4.90. The Hall–Kier alpha value is -3.79. The zero-order valence-electron chi connectivity index (χ0n) is 19.4. The molecule has 2 N–H and O–H groups in total. The van der Waals surface area contributed by atoms with E-state index in [1.54, 1.807) is 36.4 Å². The average molecular weight is 483 g/mol. The molecule has 0 bridgehead atoms. The fourth-order valence-corrected chi connectivity index (χ4v) is 3.88. The van der Waals surface area contributed by atoms with Gasteiger partial charge in [0.05, 0.1) is 18.0 Å². The Morgan fingerprint density at radius 2 is 1.71 bits per heavy atom. The molecule has 0 saturated carbocycles. The van der Waals surface area contributed by atoms with Gasteiger partial charge in [-0.25, -0.2) is 9.79 Å². The fraction of sp³-hybridized carbons (Fsp3) is 0.250. The number of benzene rings is 2. The maximum Gasteiger partial charge on any atom is 0.333 e. The molecule has 1 amide bonds. The average Bonchev–Trinajstić information content (AvgIpc) is 2.82. The van der Waals surface area contributed by atoms with Crippen molar-refractivity contribution in [2.24, 2.45) is 19.1 Å². The number of anilines is 1. The molecule has 0 fully saturated rings. The predicted octanol–water partition coefficient (Wildman–Crippen LogP) is 2.95. The van der Waals surface area contributed by atoms with E-state index in [4.69, 9.17) is 4.74 Å². The standard InChI is InChI=1S/C24H26N4O5S/c1-5-33-18-12-10-16(11-13-18)25-19(29)14-34-21(26-17-8-6-15(2)7-9-17)20-22(30)27(3)24(32)28(4)23(20)31/h6-13,30H,5,14H2,1-4H3,(H,25,29). The molecular formula is C24H26N4O5S. The lowest BCUT2D eigenvalue weighted by Crippen LogP contribution is -2.39. The molecule has 0 spiro atoms. The van der Waals surface area contributed by atoms with E-state index in [1.165, 1.54) is 14.1 Å². The third-order valence-corrected chi connectivity index (χ3v) is 5.88. The molecule has 2 aromatic carbocycles. The summed E-state index contributed by atoms with van der Waals surface area (Å²) in [5.74, 6) is -0.225. The number of carbonyl (C=O) groups is 1. The molecule has 178 valence electrons. The maximum absolute atomic E-state index is 12.9. The molecule has 9 nitrogen and oxygen atoms in total. The first-order valence-corrected chi connectivity index (χ1v) is 11.5. The predicted molar refractivity (Wildman–Crippen MR) is 135 cm³/mol. The second kappa shape index (κ2) is 10.9. The van der Waals surface area contributed by atoms with Crippen LogP contribution in [0.2, 0.25) is 0 Å². The molecule has 0 radical (unpaired) electrons. The summed E-state index contributed by atoms with van der Waals surface area (Å²) < 4.78 is 7.25. The van der Waals surface area contributed by atoms with Gasteiger partial charge in [0, 0.05) is 19.8 Å². The van der Waals surface area contributed by atoms with Gasteiger partial charge in [-0.3, -0.25) is 18.7 Å². The van der Waals surface area contributed by atoms with Crippen molar-refractivity contribution in [3.8, 4) is 11.6 Å². The lowest BCUT2D eigenvalue weighted by Gasteiger charge is -2.13. The Morgan fingerprint density at radius 1 is 1.06 bits per heavy atom. The summed E-state index contributed by atoms with van der Waals surface area (Å²) in [6.45, 7) is 4.37. The summed E-state index contributed by atoms with van der Waals surface area (Å²) in [6, 6.07) is 14.2. The molecule has 1 heterocycles. The first-order valence-electron chi connectivity index (χ1n) is 10.5. The zero-order chi connectivity index (χ0) is 24.8. The monoisotopic (exact) mass is 482 g/mol. The molecule has 10 heteroatoms. The number of carbonyl (C=O) groups excluding carboxylic acids is 1. The highest BCUT2D eigenvalue weighted by Gasteiger charge is 2.22. The molecule has 0 aliphatic heterocycles. The van der Waals surface area contributed by atoms with Gasteiger partial charge in [-0.1, -0.05) is 29.5 Å². The van der Waals surface area contributed by atoms with Crippen LogP contribution in [0.15, 0.2) is 63.1 Å². The Labute approximate surface area is 200 Å². The highest BCUT2D eigenvalue weighted by molar-refractivity contribution is 8.15. The van der Waals surface area contributed by atoms with Gasteiger partial charge < -0.3 is 15.2 Å². The maximum atomic E-state index is 12.9. The van der Waals surface area contributed by atoms with Crippen molar-refractivity contribution in [2.75, 3.05) is 17.7 Å². The number of nitrogens with zero attached hydrogens (tertiary/aromatic N) is 3. The lowest BCUT2D eigenvalue weighted by molar-refractivity contribution is -0.113. The van der Waals surface area contributed by atoms with Crippen molar-refractivity contribution in [3.05, 3.63) is 80.5 Å². The number of aromatic hydroxyl groups is 1. The molecule has 0 saturated heterocycles. The van der Waals surface area contributed by atoms with Crippen LogP contribution in [0.3, 0.4) is 0 Å². The van der Waals surface area contributed by atoms with Crippen molar-refractivity contribution >= 4 is 34.1 Å². The second-order valence-electron chi connectivity index (χ2n) is 7.45. The SMILES string of the molecule is CCOc1ccc(NC(=O)CSC(=Nc2ccc(C)cc2)c2c(O)n(C)c(=O)n(C)c2=O)cc1. The first-order chi connectivity index (χ1) is 16.2. The van der Waals surface area contributed by atoms with Crippen LogP contribution >= 0.6 is 11.8 Å². The van der Waals surface area contributed by atoms with Crippen LogP contribution in [0.25, 0.3) is 0 Å². The molecule has 0 aliphatic carbocycles. The van der Waals surface area contributed by atoms with Gasteiger partial charge in [-0.2, -0.15) is 0 Å². The first kappa shape index (κ1) is 24.8. The van der Waals surface area contributed by atoms with E-state index in [9.17, 15) is 19.5 Å². The van der Waals surface area contributed by atoms with E-state index in [-0.39, 0.29) is 22.3 Å². The van der Waals surface area contributed by atoms with Gasteiger partial charge >= 0.3 is 5.69 Å². The summed E-state index contributed by atoms with van der Waals surface area (Å²) in [5, 5.41) is 13.5. The van der Waals surface area contributed by atoms with Crippen molar-refractivity contribution in [3.63, 3.8) is 0 Å². The number of aryl methyl sites for hydroxylation is 1. The van der Waals surface area contributed by atoms with E-state index >= 15 is 0 Å². The van der Waals surface area contributed by atoms with Crippen LogP contribution in [0.5, 0.6) is 11.6 Å². The van der Waals surface area contributed by atoms with Gasteiger partial charge in [0.25, 0.3) is 5.56 Å². The van der Waals surface area contributed by atoms with Crippen molar-refractivity contribution < 1.29 is 14.6 Å². The molecule has 1 aromatic heterocycles. The zero-order valence-corrected chi connectivity index (χ0v) is 20.2. The van der Waals surface area contributed by atoms with Gasteiger partial charge in [-0.15, -0.1) is 0 Å². The summed E-state index contributed by atoms with van der Waals surface area (Å²) in [4.78, 5) is 42.1. The normalized spacial score (nSPS) is 11.4. The number of rotatable bonds is 7. The number of amides is 1. The van der Waals surface area contributed by atoms with E-state index in [0.29, 0.717) is 23.7 Å². The van der Waals surface area contributed by atoms with Crippen molar-refractivity contribution in [1.82, 2.24) is 9.13 Å². The van der Waals surface area contributed by atoms with Gasteiger partial charge in [-0.05, 0) is 50.2 Å². The van der Waals surface area contributed by atoms with E-state index in [1.807, 2.05) is 26.0 Å². The van der Waals surface area contributed by atoms with Crippen LogP contribution in [0, 0.1) is 6.92 Å². The minimum atomic E-state index is -0.703. The smallest absolute Gasteiger partial charge is 0.333 e. The molecule has 3 aromatic rings. The number of aliphatic imine (C=N–C) groups is 1. The van der Waals surface area contributed by atoms with Gasteiger partial charge in [0.15, 0.2) is 0 Å². The number of hydrogen-bond donors (Lipinski definition) is 2. The number of ether oxygens (including phenoxy) is 1. The van der Waals surface area contributed by atoms with Crippen LogP contribution in [0.4, 0.5) is 11.4 Å². The highest BCUT2D eigenvalue weighted by atomic mass is 32.2. The topological polar surface area (TPSA) is 115 Å². The summed E-state index contributed by atoms with van der Waals surface area (Å²) >= 11 is 0.988. The number of nitrogens with one attached hydrogen (secondary N) is 1. The van der Waals surface area contributed by atoms with Gasteiger partial charge in [0.1, 0.15) is 16.4 Å². The Morgan fingerprint density at radius 3 is 2.32 bits per heavy atom. The van der Waals surface area contributed by atoms with E-state index < -0.39 is 17.1 Å². The third kappa shape index (κ3) is 5.76. The quantitative estimate of drug-likeness (QED) is 0.395. The minimum Gasteiger partial charge on any atom is -0.494 e. The van der Waals surface area contributed by atoms with Crippen molar-refractivity contribution in [2.45, 2.75) is 13.8 Å². The lowest BCUT2D eigenvalue weighted by atomic mass is 10.2. The molecule has 3 rings (SSSR count). The van der Waals surface area contributed by atoms with Crippen LogP contribution in [-0.4, -0.2) is 37.6 Å². The van der Waals surface area contributed by atoms with Crippen LogP contribution < -0.4 is 21.3 Å². The van der Waals surface area contributed by atoms with Crippen molar-refractivity contribution in [1.29, 1.82) is 0 Å². The number of thioether (sulfide) groups is 1. The summed E-state index contributed by atoms with van der Waals surface area (Å²) in [6.07, 6.45) is 0. The summed E-state index contributed by atoms with van der Waals surface area (Å²) in [5.41, 5.74) is 0.639. The number of hydrogen-bond acceptors (Lipinski definition) is 7. The fourth-order valence-electron chi connectivity index (χ4n) is 3.05.